The maximum absolute atomic E-state index is 6.12. The molecule has 0 bridgehead atoms. The van der Waals surface area contributed by atoms with Gasteiger partial charge in [0.05, 0.1) is 11.8 Å². The minimum atomic E-state index is 0.0304. The number of fused-ring (bicyclic) bond motifs is 3. The van der Waals surface area contributed by atoms with Crippen molar-refractivity contribution in [1.29, 1.82) is 0 Å². The van der Waals surface area contributed by atoms with Gasteiger partial charge in [-0.2, -0.15) is 5.10 Å². The SMILES string of the molecule is CC[C@H]1Oc2ccccc2[C@H]2CC(c3ccc(C)cc3)=NN21. The highest BCUT2D eigenvalue weighted by Gasteiger charge is 2.39. The largest absolute Gasteiger partial charge is 0.469 e. The summed E-state index contributed by atoms with van der Waals surface area (Å²) in [7, 11) is 0. The van der Waals surface area contributed by atoms with Crippen molar-refractivity contribution in [2.24, 2.45) is 5.10 Å². The van der Waals surface area contributed by atoms with Crippen molar-refractivity contribution >= 4 is 5.71 Å². The first-order chi connectivity index (χ1) is 10.8. The fourth-order valence-corrected chi connectivity index (χ4v) is 3.30. The van der Waals surface area contributed by atoms with Crippen LogP contribution in [0.3, 0.4) is 0 Å². The molecule has 2 aliphatic rings. The number of hydrogen-bond acceptors (Lipinski definition) is 3. The van der Waals surface area contributed by atoms with Crippen LogP contribution < -0.4 is 4.74 Å². The van der Waals surface area contributed by atoms with Gasteiger partial charge in [0.2, 0.25) is 0 Å². The normalized spacial score (nSPS) is 22.6. The Kier molecular flexibility index (Phi) is 3.14. The van der Waals surface area contributed by atoms with E-state index >= 15 is 0 Å². The molecular weight excluding hydrogens is 272 g/mol. The van der Waals surface area contributed by atoms with E-state index in [-0.39, 0.29) is 6.23 Å². The van der Waals surface area contributed by atoms with Gasteiger partial charge in [-0.1, -0.05) is 55.0 Å². The summed E-state index contributed by atoms with van der Waals surface area (Å²) in [6, 6.07) is 17.3. The van der Waals surface area contributed by atoms with Crippen LogP contribution >= 0.6 is 0 Å². The van der Waals surface area contributed by atoms with Crippen LogP contribution in [0.4, 0.5) is 0 Å². The lowest BCUT2D eigenvalue weighted by Gasteiger charge is -2.37. The third kappa shape index (κ3) is 2.08. The summed E-state index contributed by atoms with van der Waals surface area (Å²) in [6.45, 7) is 4.26. The van der Waals surface area contributed by atoms with E-state index in [1.54, 1.807) is 0 Å². The molecule has 0 spiro atoms. The lowest BCUT2D eigenvalue weighted by atomic mass is 9.96. The first kappa shape index (κ1) is 13.4. The molecule has 2 atom stereocenters. The molecule has 0 aliphatic carbocycles. The average molecular weight is 292 g/mol. The molecule has 2 aromatic rings. The van der Waals surface area contributed by atoms with Crippen molar-refractivity contribution in [3.63, 3.8) is 0 Å². The summed E-state index contributed by atoms with van der Waals surface area (Å²) in [5.74, 6) is 1.01. The molecule has 3 heteroatoms. The lowest BCUT2D eigenvalue weighted by Crippen LogP contribution is -2.39. The number of nitrogens with zero attached hydrogens (tertiary/aromatic N) is 2. The number of rotatable bonds is 2. The Morgan fingerprint density at radius 3 is 2.68 bits per heavy atom. The van der Waals surface area contributed by atoms with Gasteiger partial charge in [-0.05, 0) is 18.6 Å². The van der Waals surface area contributed by atoms with E-state index in [2.05, 4.69) is 61.3 Å². The molecule has 112 valence electrons. The van der Waals surface area contributed by atoms with E-state index in [0.29, 0.717) is 6.04 Å². The van der Waals surface area contributed by atoms with E-state index in [4.69, 9.17) is 9.84 Å². The van der Waals surface area contributed by atoms with Crippen LogP contribution in [-0.4, -0.2) is 16.9 Å². The van der Waals surface area contributed by atoms with E-state index in [0.717, 1.165) is 24.3 Å². The van der Waals surface area contributed by atoms with Crippen LogP contribution in [0.25, 0.3) is 0 Å². The van der Waals surface area contributed by atoms with Gasteiger partial charge in [0.1, 0.15) is 5.75 Å². The first-order valence-corrected chi connectivity index (χ1v) is 7.94. The third-order valence-electron chi connectivity index (χ3n) is 4.51. The zero-order valence-corrected chi connectivity index (χ0v) is 13.0. The second-order valence-corrected chi connectivity index (χ2v) is 6.03. The standard InChI is InChI=1S/C19H20N2O/c1-3-19-21-17(15-6-4-5-7-18(15)22-19)12-16(20-21)14-10-8-13(2)9-11-14/h4-11,17,19H,3,12H2,1-2H3/t17-,19-/m1/s1. The van der Waals surface area contributed by atoms with Crippen molar-refractivity contribution in [2.75, 3.05) is 0 Å². The predicted molar refractivity (Wildman–Crippen MR) is 88.1 cm³/mol. The first-order valence-electron chi connectivity index (χ1n) is 7.94. The second kappa shape index (κ2) is 5.16. The van der Waals surface area contributed by atoms with Crippen LogP contribution in [0.15, 0.2) is 53.6 Å². The van der Waals surface area contributed by atoms with E-state index in [1.165, 1.54) is 16.7 Å². The van der Waals surface area contributed by atoms with Crippen molar-refractivity contribution in [3.05, 3.63) is 65.2 Å². The summed E-state index contributed by atoms with van der Waals surface area (Å²) >= 11 is 0. The quantitative estimate of drug-likeness (QED) is 0.825. The van der Waals surface area contributed by atoms with Crippen molar-refractivity contribution in [2.45, 2.75) is 39.0 Å². The topological polar surface area (TPSA) is 24.8 Å². The van der Waals surface area contributed by atoms with E-state index in [9.17, 15) is 0 Å². The summed E-state index contributed by atoms with van der Waals surface area (Å²) in [4.78, 5) is 0. The van der Waals surface area contributed by atoms with E-state index < -0.39 is 0 Å². The maximum atomic E-state index is 6.12. The molecule has 0 amide bonds. The molecule has 2 aliphatic heterocycles. The monoisotopic (exact) mass is 292 g/mol. The van der Waals surface area contributed by atoms with Crippen molar-refractivity contribution < 1.29 is 4.74 Å². The maximum Gasteiger partial charge on any atom is 0.187 e. The molecule has 0 saturated carbocycles. The van der Waals surface area contributed by atoms with Crippen LogP contribution in [0.2, 0.25) is 0 Å². The Morgan fingerprint density at radius 2 is 1.91 bits per heavy atom. The van der Waals surface area contributed by atoms with Gasteiger partial charge >= 0.3 is 0 Å². The number of benzene rings is 2. The molecule has 0 saturated heterocycles. The number of ether oxygens (including phenoxy) is 1. The Bertz CT molecular complexity index is 720. The molecule has 2 heterocycles. The molecule has 0 radical (unpaired) electrons. The Balaban J connectivity index is 1.72. The molecule has 0 N–H and O–H groups in total. The third-order valence-corrected chi connectivity index (χ3v) is 4.51. The van der Waals surface area contributed by atoms with Crippen molar-refractivity contribution in [1.82, 2.24) is 5.01 Å². The molecule has 0 aromatic heterocycles. The number of para-hydroxylation sites is 1. The fourth-order valence-electron chi connectivity index (χ4n) is 3.30. The highest BCUT2D eigenvalue weighted by Crippen LogP contribution is 2.43. The summed E-state index contributed by atoms with van der Waals surface area (Å²) < 4.78 is 6.12. The predicted octanol–water partition coefficient (Wildman–Crippen LogP) is 4.27. The highest BCUT2D eigenvalue weighted by molar-refractivity contribution is 6.01. The lowest BCUT2D eigenvalue weighted by molar-refractivity contribution is -0.0188. The minimum Gasteiger partial charge on any atom is -0.469 e. The van der Waals surface area contributed by atoms with Crippen LogP contribution in [-0.2, 0) is 0 Å². The second-order valence-electron chi connectivity index (χ2n) is 6.03. The van der Waals surface area contributed by atoms with Gasteiger partial charge in [-0.25, -0.2) is 0 Å². The number of hydrogen-bond donors (Lipinski definition) is 0. The smallest absolute Gasteiger partial charge is 0.187 e. The van der Waals surface area contributed by atoms with Gasteiger partial charge in [-0.15, -0.1) is 0 Å². The van der Waals surface area contributed by atoms with Gasteiger partial charge in [0, 0.05) is 18.4 Å². The Hall–Kier alpha value is -2.29. The van der Waals surface area contributed by atoms with Crippen LogP contribution in [0.5, 0.6) is 5.75 Å². The van der Waals surface area contributed by atoms with Crippen LogP contribution in [0.1, 0.15) is 42.5 Å². The van der Waals surface area contributed by atoms with Gasteiger partial charge in [0.15, 0.2) is 6.23 Å². The summed E-state index contributed by atoms with van der Waals surface area (Å²) in [5, 5.41) is 7.04. The molecule has 0 unspecified atom stereocenters. The minimum absolute atomic E-state index is 0.0304. The average Bonchev–Trinajstić information content (AvgIpc) is 3.00. The van der Waals surface area contributed by atoms with Gasteiger partial charge in [-0.3, -0.25) is 5.01 Å². The molecule has 0 fully saturated rings. The Labute approximate surface area is 131 Å². The molecule has 22 heavy (non-hydrogen) atoms. The molecule has 2 aromatic carbocycles. The summed E-state index contributed by atoms with van der Waals surface area (Å²) in [6.07, 6.45) is 1.90. The zero-order chi connectivity index (χ0) is 15.1. The number of aryl methyl sites for hydroxylation is 1. The fraction of sp³-hybridized carbons (Fsp3) is 0.316. The Morgan fingerprint density at radius 1 is 1.14 bits per heavy atom. The van der Waals surface area contributed by atoms with Crippen molar-refractivity contribution in [3.8, 4) is 5.75 Å². The van der Waals surface area contributed by atoms with Gasteiger partial charge in [0.25, 0.3) is 0 Å². The van der Waals surface area contributed by atoms with E-state index in [1.807, 2.05) is 6.07 Å². The summed E-state index contributed by atoms with van der Waals surface area (Å²) in [5.41, 5.74) is 4.90. The number of hydrazone groups is 1. The zero-order valence-electron chi connectivity index (χ0n) is 13.0. The molecule has 3 nitrogen and oxygen atoms in total. The van der Waals surface area contributed by atoms with Crippen LogP contribution in [0, 0.1) is 6.92 Å². The molecule has 4 rings (SSSR count). The highest BCUT2D eigenvalue weighted by atomic mass is 16.5. The van der Waals surface area contributed by atoms with Gasteiger partial charge < -0.3 is 4.74 Å². The molecular formula is C19H20N2O.